The van der Waals surface area contributed by atoms with Crippen LogP contribution in [-0.4, -0.2) is 12.5 Å². The molecule has 0 N–H and O–H groups in total. The number of anilines is 1. The average molecular weight is 248 g/mol. The molecule has 1 unspecified atom stereocenters. The fourth-order valence-corrected chi connectivity index (χ4v) is 1.74. The number of benzene rings is 1. The molecule has 1 aromatic carbocycles. The minimum Gasteiger partial charge on any atom is -0.312 e. The molecule has 1 rings (SSSR count). The van der Waals surface area contributed by atoms with E-state index < -0.39 is 5.92 Å². The quantitative estimate of drug-likeness (QED) is 0.822. The van der Waals surface area contributed by atoms with E-state index in [9.17, 15) is 9.18 Å². The Kier molecular flexibility index (Phi) is 4.85. The van der Waals surface area contributed by atoms with Gasteiger partial charge in [0.1, 0.15) is 11.7 Å². The third kappa shape index (κ3) is 3.07. The molecule has 0 radical (unpaired) electrons. The van der Waals surface area contributed by atoms with E-state index in [0.717, 1.165) is 0 Å². The molecular formula is C14H17FN2O. The molecule has 3 nitrogen and oxygen atoms in total. The number of carbonyl (C=O) groups is 1. The zero-order chi connectivity index (χ0) is 13.7. The summed E-state index contributed by atoms with van der Waals surface area (Å²) in [6.45, 7) is 5.96. The number of hydrogen-bond donors (Lipinski definition) is 0. The number of nitrogens with zero attached hydrogens (tertiary/aromatic N) is 2. The van der Waals surface area contributed by atoms with Crippen LogP contribution in [0.25, 0.3) is 0 Å². The van der Waals surface area contributed by atoms with Crippen molar-refractivity contribution in [1.82, 2.24) is 0 Å². The zero-order valence-electron chi connectivity index (χ0n) is 10.9. The second kappa shape index (κ2) is 6.15. The Morgan fingerprint density at radius 3 is 2.33 bits per heavy atom. The Morgan fingerprint density at radius 2 is 1.94 bits per heavy atom. The van der Waals surface area contributed by atoms with E-state index in [-0.39, 0.29) is 17.6 Å². The maximum absolute atomic E-state index is 12.9. The van der Waals surface area contributed by atoms with Gasteiger partial charge in [0, 0.05) is 12.2 Å². The number of amides is 1. The van der Waals surface area contributed by atoms with Crippen molar-refractivity contribution < 1.29 is 9.18 Å². The predicted octanol–water partition coefficient (Wildman–Crippen LogP) is 2.97. The van der Waals surface area contributed by atoms with Gasteiger partial charge in [0.15, 0.2) is 0 Å². The predicted molar refractivity (Wildman–Crippen MR) is 68.4 cm³/mol. The highest BCUT2D eigenvalue weighted by Gasteiger charge is 2.26. The molecule has 0 aliphatic heterocycles. The largest absolute Gasteiger partial charge is 0.312 e. The molecule has 0 fully saturated rings. The van der Waals surface area contributed by atoms with Crippen LogP contribution in [0.4, 0.5) is 10.1 Å². The van der Waals surface area contributed by atoms with Crippen molar-refractivity contribution in [2.75, 3.05) is 11.4 Å². The van der Waals surface area contributed by atoms with Crippen LogP contribution in [0, 0.1) is 29.0 Å². The summed E-state index contributed by atoms with van der Waals surface area (Å²) in [4.78, 5) is 13.7. The summed E-state index contributed by atoms with van der Waals surface area (Å²) in [5.74, 6) is -1.29. The molecule has 1 amide bonds. The summed E-state index contributed by atoms with van der Waals surface area (Å²) < 4.78 is 12.9. The fourth-order valence-electron chi connectivity index (χ4n) is 1.74. The van der Waals surface area contributed by atoms with Crippen LogP contribution in [0.15, 0.2) is 24.3 Å². The maximum atomic E-state index is 12.9. The number of hydrogen-bond acceptors (Lipinski definition) is 2. The van der Waals surface area contributed by atoms with Gasteiger partial charge in [0.2, 0.25) is 5.91 Å². The molecule has 0 spiro atoms. The monoisotopic (exact) mass is 248 g/mol. The number of carbonyl (C=O) groups excluding carboxylic acids is 1. The van der Waals surface area contributed by atoms with Crippen LogP contribution >= 0.6 is 0 Å². The molecule has 0 aliphatic rings. The van der Waals surface area contributed by atoms with Crippen molar-refractivity contribution in [1.29, 1.82) is 5.26 Å². The van der Waals surface area contributed by atoms with E-state index in [1.807, 2.05) is 26.8 Å². The van der Waals surface area contributed by atoms with Crippen molar-refractivity contribution in [2.45, 2.75) is 20.8 Å². The third-order valence-corrected chi connectivity index (χ3v) is 2.79. The van der Waals surface area contributed by atoms with Gasteiger partial charge in [-0.2, -0.15) is 5.26 Å². The van der Waals surface area contributed by atoms with Gasteiger partial charge in [-0.3, -0.25) is 4.79 Å². The molecule has 0 saturated carbocycles. The summed E-state index contributed by atoms with van der Waals surface area (Å²) in [6.07, 6.45) is 0. The molecule has 0 aliphatic carbocycles. The van der Waals surface area contributed by atoms with Gasteiger partial charge in [-0.1, -0.05) is 13.8 Å². The van der Waals surface area contributed by atoms with Crippen molar-refractivity contribution in [3.05, 3.63) is 30.1 Å². The van der Waals surface area contributed by atoms with Crippen LogP contribution in [0.1, 0.15) is 20.8 Å². The fraction of sp³-hybridized carbons (Fsp3) is 0.429. The summed E-state index contributed by atoms with van der Waals surface area (Å²) in [7, 11) is 0. The Hall–Kier alpha value is -1.89. The molecule has 4 heteroatoms. The Labute approximate surface area is 107 Å². The summed E-state index contributed by atoms with van der Waals surface area (Å²) >= 11 is 0. The molecule has 1 aromatic rings. The number of rotatable bonds is 4. The van der Waals surface area contributed by atoms with E-state index in [1.165, 1.54) is 17.0 Å². The van der Waals surface area contributed by atoms with Crippen molar-refractivity contribution >= 4 is 11.6 Å². The summed E-state index contributed by atoms with van der Waals surface area (Å²) in [6, 6.07) is 7.74. The van der Waals surface area contributed by atoms with E-state index in [1.54, 1.807) is 12.1 Å². The SMILES string of the molecule is CCN(C(=O)C(C#N)C(C)C)c1ccc(F)cc1. The van der Waals surface area contributed by atoms with Gasteiger partial charge in [-0.05, 0) is 37.1 Å². The maximum Gasteiger partial charge on any atom is 0.244 e. The minimum absolute atomic E-state index is 0.0444. The lowest BCUT2D eigenvalue weighted by Gasteiger charge is -2.24. The molecule has 0 heterocycles. The lowest BCUT2D eigenvalue weighted by molar-refractivity contribution is -0.121. The number of nitriles is 1. The Balaban J connectivity index is 3.00. The first-order chi connectivity index (χ1) is 8.51. The normalized spacial score (nSPS) is 12.0. The molecule has 0 bridgehead atoms. The average Bonchev–Trinajstić information content (AvgIpc) is 2.33. The van der Waals surface area contributed by atoms with Gasteiger partial charge in [-0.15, -0.1) is 0 Å². The van der Waals surface area contributed by atoms with E-state index in [4.69, 9.17) is 5.26 Å². The van der Waals surface area contributed by atoms with Gasteiger partial charge in [0.05, 0.1) is 6.07 Å². The molecule has 0 saturated heterocycles. The highest BCUT2D eigenvalue weighted by Crippen LogP contribution is 2.20. The van der Waals surface area contributed by atoms with E-state index in [0.29, 0.717) is 12.2 Å². The first-order valence-electron chi connectivity index (χ1n) is 5.97. The van der Waals surface area contributed by atoms with E-state index in [2.05, 4.69) is 0 Å². The molecule has 18 heavy (non-hydrogen) atoms. The second-order valence-electron chi connectivity index (χ2n) is 4.41. The minimum atomic E-state index is -0.671. The van der Waals surface area contributed by atoms with Crippen LogP contribution in [0.2, 0.25) is 0 Å². The highest BCUT2D eigenvalue weighted by molar-refractivity contribution is 5.96. The molecule has 1 atom stereocenters. The Morgan fingerprint density at radius 1 is 1.39 bits per heavy atom. The lowest BCUT2D eigenvalue weighted by Crippen LogP contribution is -2.37. The van der Waals surface area contributed by atoms with Crippen LogP contribution < -0.4 is 4.90 Å². The van der Waals surface area contributed by atoms with Crippen LogP contribution in [-0.2, 0) is 4.79 Å². The molecule has 96 valence electrons. The first-order valence-corrected chi connectivity index (χ1v) is 5.97. The number of halogens is 1. The second-order valence-corrected chi connectivity index (χ2v) is 4.41. The lowest BCUT2D eigenvalue weighted by atomic mass is 9.95. The van der Waals surface area contributed by atoms with E-state index >= 15 is 0 Å². The van der Waals surface area contributed by atoms with Crippen molar-refractivity contribution in [3.8, 4) is 6.07 Å². The third-order valence-electron chi connectivity index (χ3n) is 2.79. The van der Waals surface area contributed by atoms with Gasteiger partial charge >= 0.3 is 0 Å². The van der Waals surface area contributed by atoms with Crippen LogP contribution in [0.5, 0.6) is 0 Å². The van der Waals surface area contributed by atoms with Crippen molar-refractivity contribution in [3.63, 3.8) is 0 Å². The summed E-state index contributed by atoms with van der Waals surface area (Å²) in [5.41, 5.74) is 0.616. The first kappa shape index (κ1) is 14.2. The molecular weight excluding hydrogens is 231 g/mol. The topological polar surface area (TPSA) is 44.1 Å². The standard InChI is InChI=1S/C14H17FN2O/c1-4-17(12-7-5-11(15)6-8-12)14(18)13(9-16)10(2)3/h5-8,10,13H,4H2,1-3H3. The van der Waals surface area contributed by atoms with Gasteiger partial charge < -0.3 is 4.90 Å². The van der Waals surface area contributed by atoms with Gasteiger partial charge in [-0.25, -0.2) is 4.39 Å². The Bertz CT molecular complexity index is 448. The summed E-state index contributed by atoms with van der Waals surface area (Å²) in [5, 5.41) is 9.04. The highest BCUT2D eigenvalue weighted by atomic mass is 19.1. The van der Waals surface area contributed by atoms with Crippen LogP contribution in [0.3, 0.4) is 0 Å². The van der Waals surface area contributed by atoms with Crippen molar-refractivity contribution in [2.24, 2.45) is 11.8 Å². The smallest absolute Gasteiger partial charge is 0.244 e. The van der Waals surface area contributed by atoms with Gasteiger partial charge in [0.25, 0.3) is 0 Å². The molecule has 0 aromatic heterocycles. The zero-order valence-corrected chi connectivity index (χ0v) is 10.9.